The quantitative estimate of drug-likeness (QED) is 0.158. The zero-order valence-electron chi connectivity index (χ0n) is 17.2. The van der Waals surface area contributed by atoms with Gasteiger partial charge in [0, 0.05) is 0 Å². The van der Waals surface area contributed by atoms with E-state index < -0.39 is 45.2 Å². The monoisotopic (exact) mass is 504 g/mol. The van der Waals surface area contributed by atoms with E-state index in [-0.39, 0.29) is 11.1 Å². The number of nitrogens with two attached hydrogens (primary N) is 2. The number of hydrogen-bond donors (Lipinski definition) is 5. The van der Waals surface area contributed by atoms with E-state index in [9.17, 15) is 19.5 Å². The van der Waals surface area contributed by atoms with Gasteiger partial charge in [-0.05, 0) is 0 Å². The van der Waals surface area contributed by atoms with Crippen molar-refractivity contribution < 1.29 is 19.5 Å². The summed E-state index contributed by atoms with van der Waals surface area (Å²) in [5, 5.41) is 12.1. The molecule has 0 fully saturated rings. The second kappa shape index (κ2) is 15.4. The van der Waals surface area contributed by atoms with Crippen LogP contribution in [-0.4, -0.2) is 73.5 Å². The van der Waals surface area contributed by atoms with Gasteiger partial charge in [-0.15, -0.1) is 0 Å². The van der Waals surface area contributed by atoms with E-state index in [1.165, 1.54) is 0 Å². The molecule has 30 heavy (non-hydrogen) atoms. The van der Waals surface area contributed by atoms with Crippen LogP contribution in [0.3, 0.4) is 0 Å². The Hall–Kier alpha value is -1.42. The summed E-state index contributed by atoms with van der Waals surface area (Å²) in [6, 6.07) is 6.88. The summed E-state index contributed by atoms with van der Waals surface area (Å²) in [6.45, 7) is 0.564. The Balaban J connectivity index is 2.67. The van der Waals surface area contributed by atoms with Crippen molar-refractivity contribution in [1.82, 2.24) is 9.65 Å². The number of nitrogens with one attached hydrogen (secondary N) is 2. The molecule has 0 aromatic heterocycles. The van der Waals surface area contributed by atoms with Gasteiger partial charge in [-0.1, -0.05) is 0 Å². The molecule has 168 valence electrons. The van der Waals surface area contributed by atoms with E-state index in [4.69, 9.17) is 11.5 Å². The number of amides is 1. The summed E-state index contributed by atoms with van der Waals surface area (Å²) in [6.07, 6.45) is 4.77. The standard InChI is InChI=1S/C20H32N4O4SSe/c1-29-12-10-16(24-30-20(28)15(22)9-5-6-11-21)18(25)23-17(19(26)27)13-14-7-3-2-4-8-14/h2-4,7-8,15-17,24H,5-6,9-13,21-22H2,1H3,(H,23,25)(H,26,27)/t15-,16-,17-/m0/s1. The Morgan fingerprint density at radius 2 is 1.83 bits per heavy atom. The van der Waals surface area contributed by atoms with Crippen LogP contribution in [0.4, 0.5) is 0 Å². The second-order valence-corrected chi connectivity index (χ2v) is 9.61. The molecule has 3 atom stereocenters. The summed E-state index contributed by atoms with van der Waals surface area (Å²) in [5.74, 6) is -0.813. The number of carbonyl (C=O) groups is 3. The predicted molar refractivity (Wildman–Crippen MR) is 121 cm³/mol. The molecule has 0 spiro atoms. The Morgan fingerprint density at radius 3 is 2.43 bits per heavy atom. The van der Waals surface area contributed by atoms with Gasteiger partial charge in [0.05, 0.1) is 0 Å². The van der Waals surface area contributed by atoms with Crippen LogP contribution in [0.1, 0.15) is 31.2 Å². The van der Waals surface area contributed by atoms with Gasteiger partial charge in [0.15, 0.2) is 0 Å². The zero-order chi connectivity index (χ0) is 22.4. The number of carboxylic acids is 1. The Morgan fingerprint density at radius 1 is 1.13 bits per heavy atom. The third-order valence-electron chi connectivity index (χ3n) is 4.40. The number of hydrogen-bond acceptors (Lipinski definition) is 7. The van der Waals surface area contributed by atoms with Gasteiger partial charge >= 0.3 is 189 Å². The average Bonchev–Trinajstić information content (AvgIpc) is 2.73. The Labute approximate surface area is 188 Å². The number of carboxylic acid groups (broad SMARTS) is 1. The number of thioether (sulfide) groups is 1. The van der Waals surface area contributed by atoms with Gasteiger partial charge in [-0.3, -0.25) is 0 Å². The van der Waals surface area contributed by atoms with Crippen molar-refractivity contribution in [3.63, 3.8) is 0 Å². The molecule has 8 nitrogen and oxygen atoms in total. The van der Waals surface area contributed by atoms with Crippen molar-refractivity contribution in [1.29, 1.82) is 0 Å². The van der Waals surface area contributed by atoms with Gasteiger partial charge in [0.25, 0.3) is 0 Å². The molecule has 1 rings (SSSR count). The van der Waals surface area contributed by atoms with Crippen LogP contribution in [0, 0.1) is 0 Å². The normalized spacial score (nSPS) is 14.0. The minimum atomic E-state index is -1.10. The fourth-order valence-corrected chi connectivity index (χ4v) is 4.68. The number of unbranched alkanes of at least 4 members (excludes halogenated alkanes) is 1. The Bertz CT molecular complexity index is 665. The second-order valence-electron chi connectivity index (χ2n) is 6.85. The van der Waals surface area contributed by atoms with Crippen molar-refractivity contribution in [2.24, 2.45) is 11.5 Å². The number of rotatable bonds is 16. The maximum atomic E-state index is 12.8. The van der Waals surface area contributed by atoms with Crippen molar-refractivity contribution in [2.75, 3.05) is 18.6 Å². The zero-order valence-corrected chi connectivity index (χ0v) is 19.7. The number of benzene rings is 1. The van der Waals surface area contributed by atoms with Gasteiger partial charge in [0.2, 0.25) is 0 Å². The molecule has 0 saturated heterocycles. The van der Waals surface area contributed by atoms with E-state index in [2.05, 4.69) is 9.65 Å². The summed E-state index contributed by atoms with van der Waals surface area (Å²) in [5.41, 5.74) is 12.2. The summed E-state index contributed by atoms with van der Waals surface area (Å²) in [7, 11) is 0. The molecule has 7 N–H and O–H groups in total. The van der Waals surface area contributed by atoms with Crippen LogP contribution in [0.2, 0.25) is 0 Å². The molecule has 10 heteroatoms. The van der Waals surface area contributed by atoms with E-state index in [0.717, 1.165) is 18.4 Å². The van der Waals surface area contributed by atoms with Gasteiger partial charge in [-0.2, -0.15) is 0 Å². The van der Waals surface area contributed by atoms with Crippen LogP contribution in [-0.2, 0) is 20.8 Å². The van der Waals surface area contributed by atoms with Crippen molar-refractivity contribution >= 4 is 43.5 Å². The minimum absolute atomic E-state index is 0.111. The molecule has 1 amide bonds. The molecule has 0 radical (unpaired) electrons. The fraction of sp³-hybridized carbons (Fsp3) is 0.550. The van der Waals surface area contributed by atoms with E-state index in [1.807, 2.05) is 36.6 Å². The van der Waals surface area contributed by atoms with E-state index in [1.54, 1.807) is 11.8 Å². The molecule has 0 heterocycles. The molecule has 0 aliphatic heterocycles. The molecular weight excluding hydrogens is 471 g/mol. The fourth-order valence-electron chi connectivity index (χ4n) is 2.63. The summed E-state index contributed by atoms with van der Waals surface area (Å²) >= 11 is 0.913. The van der Waals surface area contributed by atoms with Crippen molar-refractivity contribution in [3.05, 3.63) is 35.9 Å². The molecule has 0 aliphatic carbocycles. The van der Waals surface area contributed by atoms with Gasteiger partial charge in [-0.25, -0.2) is 0 Å². The summed E-state index contributed by atoms with van der Waals surface area (Å²) in [4.78, 5) is 36.7. The first-order valence-corrected chi connectivity index (χ1v) is 13.0. The number of carbonyl (C=O) groups excluding carboxylic acids is 2. The topological polar surface area (TPSA) is 148 Å². The Kier molecular flexibility index (Phi) is 13.7. The maximum absolute atomic E-state index is 12.8. The van der Waals surface area contributed by atoms with Gasteiger partial charge < -0.3 is 0 Å². The average molecular weight is 504 g/mol. The third-order valence-corrected chi connectivity index (χ3v) is 6.94. The van der Waals surface area contributed by atoms with Crippen LogP contribution >= 0.6 is 11.8 Å². The first-order valence-electron chi connectivity index (χ1n) is 9.87. The van der Waals surface area contributed by atoms with Crippen molar-refractivity contribution in [2.45, 2.75) is 50.2 Å². The van der Waals surface area contributed by atoms with E-state index >= 15 is 0 Å². The molecule has 0 unspecified atom stereocenters. The van der Waals surface area contributed by atoms with Gasteiger partial charge in [0.1, 0.15) is 0 Å². The predicted octanol–water partition coefficient (Wildman–Crippen LogP) is 0.112. The molecule has 1 aromatic carbocycles. The third kappa shape index (κ3) is 10.6. The number of aliphatic carboxylic acids is 1. The molecular formula is C20H32N4O4SSe. The molecule has 1 aromatic rings. The molecule has 0 bridgehead atoms. The molecule has 0 aliphatic rings. The first-order chi connectivity index (χ1) is 14.4. The SMILES string of the molecule is CSCC[C@H](N[Se]C(=O)[C@@H](N)CCCCN)C(=O)N[C@@H](Cc1ccccc1)C(=O)O. The van der Waals surface area contributed by atoms with Crippen molar-refractivity contribution in [3.8, 4) is 0 Å². The summed E-state index contributed by atoms with van der Waals surface area (Å²) < 4.78 is 2.91. The van der Waals surface area contributed by atoms with Crippen LogP contribution in [0.15, 0.2) is 30.3 Å². The van der Waals surface area contributed by atoms with Crippen LogP contribution in [0.5, 0.6) is 0 Å². The first kappa shape index (κ1) is 26.6. The van der Waals surface area contributed by atoms with E-state index in [0.29, 0.717) is 25.1 Å². The molecule has 0 saturated carbocycles. The van der Waals surface area contributed by atoms with Crippen LogP contribution < -0.4 is 21.1 Å². The van der Waals surface area contributed by atoms with Crippen LogP contribution in [0.25, 0.3) is 0 Å².